The predicted molar refractivity (Wildman–Crippen MR) is 59.6 cm³/mol. The van der Waals surface area contributed by atoms with Crippen LogP contribution < -0.4 is 11.5 Å². The highest BCUT2D eigenvalue weighted by Gasteiger charge is 2.72. The fourth-order valence-electron chi connectivity index (χ4n) is 5.18. The van der Waals surface area contributed by atoms with Crippen LogP contribution in [0, 0.1) is 23.2 Å². The van der Waals surface area contributed by atoms with Crippen molar-refractivity contribution in [2.24, 2.45) is 34.6 Å². The molecule has 3 fully saturated rings. The van der Waals surface area contributed by atoms with Crippen molar-refractivity contribution in [1.29, 1.82) is 0 Å². The fourth-order valence-corrected chi connectivity index (χ4v) is 5.18. The topological polar surface area (TPSA) is 89.3 Å². The first-order valence-corrected chi connectivity index (χ1v) is 6.23. The van der Waals surface area contributed by atoms with Crippen molar-refractivity contribution in [3.8, 4) is 0 Å². The van der Waals surface area contributed by atoms with Crippen LogP contribution in [-0.4, -0.2) is 23.2 Å². The van der Waals surface area contributed by atoms with Crippen molar-refractivity contribution in [3.63, 3.8) is 0 Å². The fraction of sp³-hybridized carbons (Fsp3) is 0.917. The van der Waals surface area contributed by atoms with Gasteiger partial charge in [-0.3, -0.25) is 4.79 Å². The zero-order valence-electron chi connectivity index (χ0n) is 9.48. The van der Waals surface area contributed by atoms with Gasteiger partial charge in [-0.25, -0.2) is 0 Å². The lowest BCUT2D eigenvalue weighted by molar-refractivity contribution is -0.162. The van der Waals surface area contributed by atoms with E-state index >= 15 is 0 Å². The molecule has 3 aliphatic rings. The Kier molecular flexibility index (Phi) is 1.97. The van der Waals surface area contributed by atoms with Crippen LogP contribution in [0.3, 0.4) is 0 Å². The molecule has 0 radical (unpaired) electrons. The Morgan fingerprint density at radius 1 is 1.38 bits per heavy atom. The summed E-state index contributed by atoms with van der Waals surface area (Å²) in [7, 11) is 0. The SMILES string of the molecule is NCC1(CC(=O)O)C2CCC3CC1C2(N)C3. The molecule has 3 rings (SSSR count). The molecule has 0 aromatic rings. The highest BCUT2D eigenvalue weighted by Crippen LogP contribution is 2.71. The van der Waals surface area contributed by atoms with Gasteiger partial charge >= 0.3 is 5.97 Å². The Morgan fingerprint density at radius 2 is 2.12 bits per heavy atom. The number of nitrogens with two attached hydrogens (primary N) is 2. The highest BCUT2D eigenvalue weighted by atomic mass is 16.4. The van der Waals surface area contributed by atoms with E-state index in [1.54, 1.807) is 0 Å². The molecule has 5 unspecified atom stereocenters. The van der Waals surface area contributed by atoms with Crippen molar-refractivity contribution >= 4 is 5.97 Å². The van der Waals surface area contributed by atoms with Gasteiger partial charge in [-0.05, 0) is 43.6 Å². The second-order valence-electron chi connectivity index (χ2n) is 6.11. The van der Waals surface area contributed by atoms with E-state index in [1.807, 2.05) is 0 Å². The average molecular weight is 224 g/mol. The smallest absolute Gasteiger partial charge is 0.303 e. The molecule has 0 aromatic carbocycles. The van der Waals surface area contributed by atoms with E-state index in [1.165, 1.54) is 6.42 Å². The van der Waals surface area contributed by atoms with Gasteiger partial charge in [0.2, 0.25) is 0 Å². The molecule has 2 bridgehead atoms. The quantitative estimate of drug-likeness (QED) is 0.653. The number of fused-ring (bicyclic) bond motifs is 1. The summed E-state index contributed by atoms with van der Waals surface area (Å²) >= 11 is 0. The number of rotatable bonds is 3. The van der Waals surface area contributed by atoms with Crippen molar-refractivity contribution in [2.45, 2.75) is 37.6 Å². The summed E-state index contributed by atoms with van der Waals surface area (Å²) in [6.45, 7) is 0.486. The van der Waals surface area contributed by atoms with Gasteiger partial charge < -0.3 is 16.6 Å². The van der Waals surface area contributed by atoms with Crippen molar-refractivity contribution < 1.29 is 9.90 Å². The molecule has 5 atom stereocenters. The van der Waals surface area contributed by atoms with Crippen LogP contribution in [-0.2, 0) is 4.79 Å². The van der Waals surface area contributed by atoms with E-state index in [0.29, 0.717) is 18.4 Å². The molecular weight excluding hydrogens is 204 g/mol. The summed E-state index contributed by atoms with van der Waals surface area (Å²) in [6.07, 6.45) is 4.73. The third-order valence-corrected chi connectivity index (χ3v) is 5.62. The Labute approximate surface area is 95.4 Å². The van der Waals surface area contributed by atoms with E-state index in [9.17, 15) is 4.79 Å². The highest BCUT2D eigenvalue weighted by molar-refractivity contribution is 5.68. The minimum Gasteiger partial charge on any atom is -0.481 e. The molecule has 0 aromatic heterocycles. The van der Waals surface area contributed by atoms with Crippen molar-refractivity contribution in [3.05, 3.63) is 0 Å². The molecule has 0 spiro atoms. The second-order valence-corrected chi connectivity index (χ2v) is 6.11. The summed E-state index contributed by atoms with van der Waals surface area (Å²) in [5.74, 6) is 0.722. The molecule has 16 heavy (non-hydrogen) atoms. The average Bonchev–Trinajstić information content (AvgIpc) is 2.35. The standard InChI is InChI=1S/C12H20N2O2/c13-6-11(5-10(15)16)8-2-1-7-3-9(11)12(8,14)4-7/h7-9H,1-6,13-14H2,(H,15,16). The van der Waals surface area contributed by atoms with Gasteiger partial charge in [0.05, 0.1) is 6.42 Å². The molecule has 0 heterocycles. The zero-order valence-corrected chi connectivity index (χ0v) is 9.48. The molecule has 4 nitrogen and oxygen atoms in total. The van der Waals surface area contributed by atoms with Gasteiger partial charge in [0.25, 0.3) is 0 Å². The third-order valence-electron chi connectivity index (χ3n) is 5.62. The summed E-state index contributed by atoms with van der Waals surface area (Å²) in [5.41, 5.74) is 12.1. The van der Waals surface area contributed by atoms with Crippen LogP contribution in [0.4, 0.5) is 0 Å². The summed E-state index contributed by atoms with van der Waals surface area (Å²) in [5, 5.41) is 9.08. The van der Waals surface area contributed by atoms with Crippen molar-refractivity contribution in [1.82, 2.24) is 0 Å². The van der Waals surface area contributed by atoms with E-state index in [-0.39, 0.29) is 17.4 Å². The molecule has 0 aliphatic heterocycles. The molecule has 0 saturated heterocycles. The maximum Gasteiger partial charge on any atom is 0.303 e. The van der Waals surface area contributed by atoms with Crippen LogP contribution in [0.25, 0.3) is 0 Å². The van der Waals surface area contributed by atoms with Crippen LogP contribution in [0.5, 0.6) is 0 Å². The van der Waals surface area contributed by atoms with E-state index in [0.717, 1.165) is 25.2 Å². The summed E-state index contributed by atoms with van der Waals surface area (Å²) < 4.78 is 0. The van der Waals surface area contributed by atoms with Crippen LogP contribution in [0.1, 0.15) is 32.1 Å². The lowest BCUT2D eigenvalue weighted by Gasteiger charge is -2.65. The van der Waals surface area contributed by atoms with Gasteiger partial charge in [0, 0.05) is 11.0 Å². The zero-order chi connectivity index (χ0) is 11.6. The molecule has 3 saturated carbocycles. The van der Waals surface area contributed by atoms with Gasteiger partial charge in [0.1, 0.15) is 0 Å². The number of carboxylic acid groups (broad SMARTS) is 1. The third kappa shape index (κ3) is 0.998. The summed E-state index contributed by atoms with van der Waals surface area (Å²) in [4.78, 5) is 11.0. The molecule has 0 amide bonds. The number of aliphatic carboxylic acids is 1. The van der Waals surface area contributed by atoms with Crippen LogP contribution >= 0.6 is 0 Å². The molecule has 5 N–H and O–H groups in total. The van der Waals surface area contributed by atoms with E-state index in [2.05, 4.69) is 0 Å². The Balaban J connectivity index is 1.95. The van der Waals surface area contributed by atoms with Crippen LogP contribution in [0.15, 0.2) is 0 Å². The normalized spacial score (nSPS) is 53.5. The lowest BCUT2D eigenvalue weighted by atomic mass is 9.41. The van der Waals surface area contributed by atoms with E-state index in [4.69, 9.17) is 16.6 Å². The largest absolute Gasteiger partial charge is 0.481 e. The predicted octanol–water partition coefficient (Wildman–Crippen LogP) is 0.553. The molecular formula is C12H20N2O2. The Bertz CT molecular complexity index is 336. The van der Waals surface area contributed by atoms with Crippen LogP contribution in [0.2, 0.25) is 0 Å². The van der Waals surface area contributed by atoms with E-state index < -0.39 is 5.97 Å². The van der Waals surface area contributed by atoms with Gasteiger partial charge in [-0.1, -0.05) is 6.42 Å². The molecule has 90 valence electrons. The minimum absolute atomic E-state index is 0.0717. The van der Waals surface area contributed by atoms with Gasteiger partial charge in [-0.15, -0.1) is 0 Å². The Morgan fingerprint density at radius 3 is 2.75 bits per heavy atom. The maximum atomic E-state index is 11.0. The monoisotopic (exact) mass is 224 g/mol. The number of hydrogen-bond acceptors (Lipinski definition) is 3. The first-order valence-electron chi connectivity index (χ1n) is 6.23. The maximum absolute atomic E-state index is 11.0. The minimum atomic E-state index is -0.720. The van der Waals surface area contributed by atoms with Gasteiger partial charge in [0.15, 0.2) is 0 Å². The molecule has 4 heteroatoms. The number of carbonyl (C=O) groups is 1. The summed E-state index contributed by atoms with van der Waals surface area (Å²) in [6, 6.07) is 0. The van der Waals surface area contributed by atoms with Gasteiger partial charge in [-0.2, -0.15) is 0 Å². The second kappa shape index (κ2) is 2.99. The Hall–Kier alpha value is -0.610. The number of carboxylic acids is 1. The first kappa shape index (κ1) is 10.5. The van der Waals surface area contributed by atoms with Crippen molar-refractivity contribution in [2.75, 3.05) is 6.54 Å². The lowest BCUT2D eigenvalue weighted by Crippen LogP contribution is -2.74. The number of hydrogen-bond donors (Lipinski definition) is 3. The molecule has 3 aliphatic carbocycles. The first-order chi connectivity index (χ1) is 7.53.